The van der Waals surface area contributed by atoms with Crippen molar-refractivity contribution in [1.29, 1.82) is 0 Å². The molecule has 1 aromatic rings. The molecule has 0 aromatic carbocycles. The normalized spacial score (nSPS) is 18.3. The van der Waals surface area contributed by atoms with Crippen LogP contribution in [0.1, 0.15) is 45.7 Å². The molecule has 1 saturated heterocycles. The fraction of sp³-hybridized carbons (Fsp3) is 0.714. The molecule has 1 aliphatic heterocycles. The molecule has 0 aliphatic carbocycles. The number of nitrogens with one attached hydrogen (secondary N) is 1. The topological polar surface area (TPSA) is 41.0 Å². The Morgan fingerprint density at radius 2 is 2.17 bits per heavy atom. The van der Waals surface area contributed by atoms with E-state index in [-0.39, 0.29) is 5.54 Å². The van der Waals surface area contributed by atoms with E-state index in [4.69, 9.17) is 0 Å². The van der Waals surface area contributed by atoms with Gasteiger partial charge in [-0.2, -0.15) is 5.10 Å². The average Bonchev–Trinajstić information content (AvgIpc) is 2.70. The maximum Gasteiger partial charge on any atom is 0.151 e. The molecule has 1 N–H and O–H groups in total. The maximum absolute atomic E-state index is 4.37. The third-order valence-corrected chi connectivity index (χ3v) is 3.62. The van der Waals surface area contributed by atoms with Gasteiger partial charge in [0, 0.05) is 18.6 Å². The van der Waals surface area contributed by atoms with Crippen molar-refractivity contribution < 1.29 is 0 Å². The predicted molar refractivity (Wildman–Crippen MR) is 74.7 cm³/mol. The number of rotatable bonds is 5. The smallest absolute Gasteiger partial charge is 0.151 e. The molecule has 0 unspecified atom stereocenters. The van der Waals surface area contributed by atoms with E-state index in [2.05, 4.69) is 53.3 Å². The van der Waals surface area contributed by atoms with Gasteiger partial charge in [0.2, 0.25) is 0 Å². The lowest BCUT2D eigenvalue weighted by atomic mass is 10.0. The molecule has 0 bridgehead atoms. The number of hydrogen-bond acceptors (Lipinski definition) is 4. The van der Waals surface area contributed by atoms with E-state index in [0.29, 0.717) is 0 Å². The maximum atomic E-state index is 4.37. The summed E-state index contributed by atoms with van der Waals surface area (Å²) in [6.07, 6.45) is 3.62. The van der Waals surface area contributed by atoms with Crippen molar-refractivity contribution >= 4 is 5.82 Å². The van der Waals surface area contributed by atoms with E-state index < -0.39 is 0 Å². The molecule has 100 valence electrons. The van der Waals surface area contributed by atoms with Crippen molar-refractivity contribution in [2.45, 2.75) is 52.1 Å². The third-order valence-electron chi connectivity index (χ3n) is 3.62. The summed E-state index contributed by atoms with van der Waals surface area (Å²) < 4.78 is 0. The summed E-state index contributed by atoms with van der Waals surface area (Å²) in [5.74, 6) is 1.01. The Morgan fingerprint density at radius 1 is 1.33 bits per heavy atom. The minimum Gasteiger partial charge on any atom is -0.350 e. The summed E-state index contributed by atoms with van der Waals surface area (Å²) in [7, 11) is 0. The average molecular weight is 248 g/mol. The Labute approximate surface area is 110 Å². The fourth-order valence-corrected chi connectivity index (χ4v) is 2.52. The van der Waals surface area contributed by atoms with Gasteiger partial charge in [-0.15, -0.1) is 5.10 Å². The van der Waals surface area contributed by atoms with Gasteiger partial charge in [0.25, 0.3) is 0 Å². The van der Waals surface area contributed by atoms with Crippen LogP contribution in [-0.4, -0.2) is 28.8 Å². The van der Waals surface area contributed by atoms with Crippen LogP contribution >= 0.6 is 0 Å². The van der Waals surface area contributed by atoms with E-state index >= 15 is 0 Å². The van der Waals surface area contributed by atoms with Crippen LogP contribution in [-0.2, 0) is 6.54 Å². The molecule has 0 amide bonds. The summed E-state index contributed by atoms with van der Waals surface area (Å²) >= 11 is 0. The largest absolute Gasteiger partial charge is 0.350 e. The number of anilines is 1. The molecule has 4 nitrogen and oxygen atoms in total. The van der Waals surface area contributed by atoms with Crippen LogP contribution < -0.4 is 10.2 Å². The van der Waals surface area contributed by atoms with Crippen molar-refractivity contribution in [2.75, 3.05) is 18.0 Å². The summed E-state index contributed by atoms with van der Waals surface area (Å²) in [5, 5.41) is 12.0. The fourth-order valence-electron chi connectivity index (χ4n) is 2.52. The SMILES string of the molecule is CCCNCc1ccc(N2CCCC2(C)C)nn1. The lowest BCUT2D eigenvalue weighted by Gasteiger charge is -2.32. The highest BCUT2D eigenvalue weighted by molar-refractivity contribution is 5.42. The molecular weight excluding hydrogens is 224 g/mol. The van der Waals surface area contributed by atoms with Crippen LogP contribution in [0.25, 0.3) is 0 Å². The molecular formula is C14H24N4. The minimum absolute atomic E-state index is 0.219. The number of hydrogen-bond donors (Lipinski definition) is 1. The first-order valence-corrected chi connectivity index (χ1v) is 6.94. The minimum atomic E-state index is 0.219. The van der Waals surface area contributed by atoms with Crippen LogP contribution in [0.4, 0.5) is 5.82 Å². The van der Waals surface area contributed by atoms with Crippen LogP contribution in [0.3, 0.4) is 0 Å². The van der Waals surface area contributed by atoms with Gasteiger partial charge in [-0.25, -0.2) is 0 Å². The van der Waals surface area contributed by atoms with Crippen molar-refractivity contribution in [3.05, 3.63) is 17.8 Å². The Balaban J connectivity index is 1.99. The van der Waals surface area contributed by atoms with Gasteiger partial charge in [-0.05, 0) is 51.8 Å². The standard InChI is InChI=1S/C14H24N4/c1-4-9-15-11-12-6-7-13(17-16-12)18-10-5-8-14(18,2)3/h6-7,15H,4-5,8-11H2,1-3H3. The van der Waals surface area contributed by atoms with Gasteiger partial charge >= 0.3 is 0 Å². The molecule has 0 atom stereocenters. The zero-order valence-corrected chi connectivity index (χ0v) is 11.7. The third kappa shape index (κ3) is 2.99. The summed E-state index contributed by atoms with van der Waals surface area (Å²) in [6.45, 7) is 9.65. The number of nitrogens with zero attached hydrogens (tertiary/aromatic N) is 3. The van der Waals surface area contributed by atoms with Crippen molar-refractivity contribution in [2.24, 2.45) is 0 Å². The molecule has 0 saturated carbocycles. The predicted octanol–water partition coefficient (Wildman–Crippen LogP) is 2.36. The second-order valence-corrected chi connectivity index (χ2v) is 5.63. The molecule has 1 aliphatic rings. The van der Waals surface area contributed by atoms with Crippen LogP contribution in [0.15, 0.2) is 12.1 Å². The Bertz CT molecular complexity index is 372. The molecule has 18 heavy (non-hydrogen) atoms. The van der Waals surface area contributed by atoms with Crippen molar-refractivity contribution in [1.82, 2.24) is 15.5 Å². The molecule has 2 rings (SSSR count). The van der Waals surface area contributed by atoms with Gasteiger partial charge < -0.3 is 10.2 Å². The van der Waals surface area contributed by atoms with Crippen LogP contribution in [0.5, 0.6) is 0 Å². The molecule has 0 spiro atoms. The van der Waals surface area contributed by atoms with Crippen molar-refractivity contribution in [3.63, 3.8) is 0 Å². The van der Waals surface area contributed by atoms with Crippen LogP contribution in [0.2, 0.25) is 0 Å². The van der Waals surface area contributed by atoms with Gasteiger partial charge in [-0.3, -0.25) is 0 Å². The van der Waals surface area contributed by atoms with Crippen molar-refractivity contribution in [3.8, 4) is 0 Å². The number of aromatic nitrogens is 2. The van der Waals surface area contributed by atoms with Gasteiger partial charge in [-0.1, -0.05) is 6.92 Å². The highest BCUT2D eigenvalue weighted by Gasteiger charge is 2.32. The lowest BCUT2D eigenvalue weighted by Crippen LogP contribution is -2.38. The quantitative estimate of drug-likeness (QED) is 0.812. The van der Waals surface area contributed by atoms with E-state index in [1.807, 2.05) is 0 Å². The Kier molecular flexibility index (Phi) is 4.17. The highest BCUT2D eigenvalue weighted by Crippen LogP contribution is 2.31. The molecule has 1 fully saturated rings. The van der Waals surface area contributed by atoms with E-state index in [0.717, 1.165) is 37.6 Å². The first kappa shape index (κ1) is 13.3. The summed E-state index contributed by atoms with van der Waals surface area (Å²) in [5.41, 5.74) is 1.24. The molecule has 4 heteroatoms. The zero-order chi connectivity index (χ0) is 13.0. The summed E-state index contributed by atoms with van der Waals surface area (Å²) in [4.78, 5) is 2.36. The van der Waals surface area contributed by atoms with E-state index in [1.54, 1.807) is 0 Å². The van der Waals surface area contributed by atoms with E-state index in [1.165, 1.54) is 12.8 Å². The summed E-state index contributed by atoms with van der Waals surface area (Å²) in [6, 6.07) is 4.18. The Hall–Kier alpha value is -1.16. The van der Waals surface area contributed by atoms with Gasteiger partial charge in [0.05, 0.1) is 5.69 Å². The first-order chi connectivity index (χ1) is 8.63. The first-order valence-electron chi connectivity index (χ1n) is 6.94. The molecule has 1 aromatic heterocycles. The lowest BCUT2D eigenvalue weighted by molar-refractivity contribution is 0.512. The highest BCUT2D eigenvalue weighted by atomic mass is 15.3. The molecule has 0 radical (unpaired) electrons. The van der Waals surface area contributed by atoms with E-state index in [9.17, 15) is 0 Å². The second kappa shape index (κ2) is 5.65. The second-order valence-electron chi connectivity index (χ2n) is 5.63. The Morgan fingerprint density at radius 3 is 2.72 bits per heavy atom. The van der Waals surface area contributed by atoms with Crippen LogP contribution in [0, 0.1) is 0 Å². The molecule has 2 heterocycles. The monoisotopic (exact) mass is 248 g/mol. The zero-order valence-electron chi connectivity index (χ0n) is 11.7. The van der Waals surface area contributed by atoms with Gasteiger partial charge in [0.1, 0.15) is 0 Å². The van der Waals surface area contributed by atoms with Gasteiger partial charge in [0.15, 0.2) is 5.82 Å².